The second-order valence-electron chi connectivity index (χ2n) is 20.0. The monoisotopic (exact) mass is 1210 g/mol. The molecule has 0 saturated carbocycles. The molecule has 460 valence electrons. The molecule has 0 unspecified atom stereocenters. The number of aliphatic hydroxyl groups is 3. The topological polar surface area (TPSA) is 504 Å². The smallest absolute Gasteiger partial charge is 0.326 e. The zero-order valence-electron chi connectivity index (χ0n) is 45.5. The number of nitrogens with two attached hydrogens (primary N) is 3. The molecule has 11 amide bonds. The van der Waals surface area contributed by atoms with Crippen molar-refractivity contribution in [2.45, 2.75) is 150 Å². The van der Waals surface area contributed by atoms with Crippen LogP contribution in [0.15, 0.2) is 24.3 Å². The standard InChI is InChI=1S/C50H75N13O18S2/c1-25(67)40-47(77)56-29(6-2-3-15-51)41(71)59-33(22-66)43(73)57-31(19-39(53)70)48(78)63-17-5-8-37(63)49(79)62-16-4-7-36(62)46(76)55-30(13-14-38(52)69)42(72)60-35(24-83-82-23-34(45(75)61-40)54-27(20-64)21-65)44(74)58-32(50(80)81)18-26-9-11-28(68)12-10-26/h9-12,20,25,27,29-37,40,54,65-68H,2-8,13-19,21-24,51H2,1H3,(H2,52,69)(H2,53,70)(H,55,76)(H,56,77)(H,57,73)(H,58,74)(H,59,71)(H,60,72)(H,61,75)(H,80,81)/t25-,27-,29+,30+,31+,32+,33+,34+,35+,36+,37+,40+/m1/s1. The van der Waals surface area contributed by atoms with Gasteiger partial charge in [-0.25, -0.2) is 4.79 Å². The van der Waals surface area contributed by atoms with Crippen molar-refractivity contribution in [3.05, 3.63) is 29.8 Å². The maximum atomic E-state index is 14.5. The Morgan fingerprint density at radius 3 is 1.89 bits per heavy atom. The Balaban J connectivity index is 1.80. The van der Waals surface area contributed by atoms with E-state index < -0.39 is 182 Å². The third kappa shape index (κ3) is 20.9. The third-order valence-electron chi connectivity index (χ3n) is 13.7. The van der Waals surface area contributed by atoms with Gasteiger partial charge in [-0.1, -0.05) is 33.7 Å². The second-order valence-corrected chi connectivity index (χ2v) is 22.6. The second kappa shape index (κ2) is 33.8. The Bertz CT molecular complexity index is 2500. The van der Waals surface area contributed by atoms with Crippen molar-refractivity contribution in [3.8, 4) is 5.75 Å². The number of aldehydes is 1. The van der Waals surface area contributed by atoms with Crippen molar-refractivity contribution >= 4 is 98.8 Å². The number of phenolic OH excluding ortho intramolecular Hbond substituents is 1. The van der Waals surface area contributed by atoms with Gasteiger partial charge in [-0.15, -0.1) is 0 Å². The Morgan fingerprint density at radius 2 is 1.30 bits per heavy atom. The number of carbonyl (C=O) groups excluding carboxylic acids is 12. The van der Waals surface area contributed by atoms with E-state index in [-0.39, 0.29) is 82.4 Å². The number of nitrogens with zero attached hydrogens (tertiary/aromatic N) is 2. The lowest BCUT2D eigenvalue weighted by molar-refractivity contribution is -0.148. The molecule has 19 N–H and O–H groups in total. The number of carbonyl (C=O) groups is 13. The zero-order chi connectivity index (χ0) is 61.5. The van der Waals surface area contributed by atoms with Crippen LogP contribution in [0.3, 0.4) is 0 Å². The summed E-state index contributed by atoms with van der Waals surface area (Å²) in [4.78, 5) is 179. The molecule has 1 aromatic rings. The Hall–Kier alpha value is -7.17. The lowest BCUT2D eigenvalue weighted by Crippen LogP contribution is -2.62. The maximum absolute atomic E-state index is 14.5. The van der Waals surface area contributed by atoms with Gasteiger partial charge in [-0.05, 0) is 82.5 Å². The zero-order valence-corrected chi connectivity index (χ0v) is 47.2. The van der Waals surface area contributed by atoms with Gasteiger partial charge in [-0.2, -0.15) is 0 Å². The van der Waals surface area contributed by atoms with E-state index in [1.807, 2.05) is 0 Å². The molecule has 31 nitrogen and oxygen atoms in total. The number of amides is 11. The highest BCUT2D eigenvalue weighted by atomic mass is 33.1. The van der Waals surface area contributed by atoms with E-state index in [4.69, 9.17) is 17.2 Å². The van der Waals surface area contributed by atoms with Crippen LogP contribution in [0, 0.1) is 0 Å². The van der Waals surface area contributed by atoms with Gasteiger partial charge in [0.15, 0.2) is 0 Å². The van der Waals surface area contributed by atoms with E-state index in [1.165, 1.54) is 29.2 Å². The highest BCUT2D eigenvalue weighted by molar-refractivity contribution is 8.76. The molecule has 3 aliphatic rings. The lowest BCUT2D eigenvalue weighted by Gasteiger charge is -2.33. The van der Waals surface area contributed by atoms with Crippen LogP contribution in [-0.2, 0) is 68.7 Å². The number of primary amides is 2. The highest BCUT2D eigenvalue weighted by Crippen LogP contribution is 2.27. The van der Waals surface area contributed by atoms with Gasteiger partial charge < -0.3 is 94.5 Å². The molecular weight excluding hydrogens is 1130 g/mol. The molecular formula is C50H75N13O18S2. The predicted molar refractivity (Wildman–Crippen MR) is 295 cm³/mol. The average molecular weight is 1210 g/mol. The van der Waals surface area contributed by atoms with Crippen LogP contribution in [0.4, 0.5) is 0 Å². The number of phenols is 1. The molecule has 3 aliphatic heterocycles. The SMILES string of the molecule is C[C@@H](O)[C@@H]1NC(=O)[C@@H](N[C@H](C=O)CO)CSSC[C@@H](C(=O)N[C@@H](Cc2ccc(O)cc2)C(=O)O)NC(=O)[C@H](CCC(N)=O)NC(=O)[C@@H]2CCCN2C(=O)[C@@H]2CCCN2C(=O)[C@H](CC(N)=O)NC(=O)[C@H](CO)NC(=O)[C@H](CCCCN)NC1=O. The van der Waals surface area contributed by atoms with E-state index in [2.05, 4.69) is 42.5 Å². The van der Waals surface area contributed by atoms with Gasteiger partial charge in [0.2, 0.25) is 65.0 Å². The van der Waals surface area contributed by atoms with Gasteiger partial charge in [-0.3, -0.25) is 58.1 Å². The minimum Gasteiger partial charge on any atom is -0.508 e. The number of rotatable bonds is 20. The van der Waals surface area contributed by atoms with Crippen molar-refractivity contribution in [1.29, 1.82) is 0 Å². The number of nitrogens with one attached hydrogen (secondary N) is 8. The molecule has 0 spiro atoms. The fourth-order valence-electron chi connectivity index (χ4n) is 9.25. The van der Waals surface area contributed by atoms with E-state index >= 15 is 0 Å². The molecule has 4 rings (SSSR count). The van der Waals surface area contributed by atoms with Crippen molar-refractivity contribution in [3.63, 3.8) is 0 Å². The number of hydrogen-bond donors (Lipinski definition) is 16. The van der Waals surface area contributed by atoms with Crippen molar-refractivity contribution < 1.29 is 87.9 Å². The Kier molecular flexibility index (Phi) is 27.8. The van der Waals surface area contributed by atoms with Crippen molar-refractivity contribution in [1.82, 2.24) is 52.3 Å². The Labute approximate surface area is 484 Å². The number of carboxylic acid groups (broad SMARTS) is 1. The van der Waals surface area contributed by atoms with Crippen LogP contribution < -0.4 is 59.7 Å². The fraction of sp³-hybridized carbons (Fsp3) is 0.620. The number of unbranched alkanes of at least 4 members (excludes halogenated alkanes) is 1. The van der Waals surface area contributed by atoms with Crippen LogP contribution in [0.2, 0.25) is 0 Å². The lowest BCUT2D eigenvalue weighted by atomic mass is 10.1. The van der Waals surface area contributed by atoms with Crippen LogP contribution in [0.5, 0.6) is 5.75 Å². The number of aromatic hydroxyl groups is 1. The summed E-state index contributed by atoms with van der Waals surface area (Å²) in [6.07, 6.45) is -2.53. The first kappa shape index (κ1) is 68.3. The maximum Gasteiger partial charge on any atom is 0.326 e. The molecule has 3 heterocycles. The molecule has 3 saturated heterocycles. The minimum absolute atomic E-state index is 0.0137. The van der Waals surface area contributed by atoms with Gasteiger partial charge in [0.25, 0.3) is 0 Å². The number of carboxylic acids is 1. The molecule has 83 heavy (non-hydrogen) atoms. The normalized spacial score (nSPS) is 26.1. The summed E-state index contributed by atoms with van der Waals surface area (Å²) in [5.41, 5.74) is 17.0. The van der Waals surface area contributed by atoms with Gasteiger partial charge in [0.05, 0.1) is 37.8 Å². The molecule has 0 radical (unpaired) electrons. The average Bonchev–Trinajstić information content (AvgIpc) is 4.39. The summed E-state index contributed by atoms with van der Waals surface area (Å²) in [6, 6.07) is -12.0. The van der Waals surface area contributed by atoms with Gasteiger partial charge in [0.1, 0.15) is 66.4 Å². The van der Waals surface area contributed by atoms with Crippen LogP contribution in [0.25, 0.3) is 0 Å². The first-order chi connectivity index (χ1) is 39.4. The van der Waals surface area contributed by atoms with Crippen LogP contribution in [-0.4, -0.2) is 229 Å². The van der Waals surface area contributed by atoms with Crippen LogP contribution >= 0.6 is 21.6 Å². The van der Waals surface area contributed by atoms with Gasteiger partial charge in [0, 0.05) is 37.4 Å². The molecule has 0 aliphatic carbocycles. The van der Waals surface area contributed by atoms with E-state index in [9.17, 15) is 87.9 Å². The summed E-state index contributed by atoms with van der Waals surface area (Å²) < 4.78 is 0. The molecule has 0 bridgehead atoms. The van der Waals surface area contributed by atoms with E-state index in [1.54, 1.807) is 0 Å². The summed E-state index contributed by atoms with van der Waals surface area (Å²) in [5.74, 6) is -13.6. The number of benzene rings is 1. The number of aliphatic hydroxyl groups excluding tert-OH is 3. The number of fused-ring (bicyclic) bond motifs is 2. The highest BCUT2D eigenvalue weighted by Gasteiger charge is 2.45. The number of aliphatic carboxylic acids is 1. The number of hydrogen-bond acceptors (Lipinski definition) is 21. The molecule has 3 fully saturated rings. The molecule has 0 aromatic heterocycles. The van der Waals surface area contributed by atoms with Gasteiger partial charge >= 0.3 is 5.97 Å². The molecule has 12 atom stereocenters. The third-order valence-corrected chi connectivity index (χ3v) is 16.1. The largest absolute Gasteiger partial charge is 0.508 e. The van der Waals surface area contributed by atoms with Crippen LogP contribution in [0.1, 0.15) is 76.7 Å². The summed E-state index contributed by atoms with van der Waals surface area (Å²) >= 11 is 0. The Morgan fingerprint density at radius 1 is 0.723 bits per heavy atom. The van der Waals surface area contributed by atoms with Crippen molar-refractivity contribution in [2.75, 3.05) is 44.4 Å². The first-order valence-corrected chi connectivity index (χ1v) is 29.3. The molecule has 33 heteroatoms. The molecule has 1 aromatic carbocycles. The predicted octanol–water partition coefficient (Wildman–Crippen LogP) is -7.05. The van der Waals surface area contributed by atoms with E-state index in [0.717, 1.165) is 33.4 Å². The quantitative estimate of drug-likeness (QED) is 0.0328. The fourth-order valence-corrected chi connectivity index (χ4v) is 11.6. The first-order valence-electron chi connectivity index (χ1n) is 26.8. The van der Waals surface area contributed by atoms with E-state index in [0.29, 0.717) is 12.0 Å². The van der Waals surface area contributed by atoms with Crippen molar-refractivity contribution in [2.24, 2.45) is 17.2 Å². The summed E-state index contributed by atoms with van der Waals surface area (Å²) in [7, 11) is 1.66. The minimum atomic E-state index is -1.85. The summed E-state index contributed by atoms with van der Waals surface area (Å²) in [5, 5.41) is 70.5. The summed E-state index contributed by atoms with van der Waals surface area (Å²) in [6.45, 7) is -0.743.